The highest BCUT2D eigenvalue weighted by Gasteiger charge is 2.49. The molecule has 8 nitrogen and oxygen atoms in total. The van der Waals surface area contributed by atoms with E-state index in [-0.39, 0.29) is 17.7 Å². The van der Waals surface area contributed by atoms with Crippen molar-refractivity contribution in [3.8, 4) is 0 Å². The second-order valence-electron chi connectivity index (χ2n) is 13.2. The lowest BCUT2D eigenvalue weighted by molar-refractivity contribution is -0.863. The van der Waals surface area contributed by atoms with Crippen molar-refractivity contribution in [1.82, 2.24) is 26.0 Å². The number of hydrazine groups is 1. The van der Waals surface area contributed by atoms with Crippen LogP contribution in [0.15, 0.2) is 0 Å². The van der Waals surface area contributed by atoms with Gasteiger partial charge in [-0.2, -0.15) is 0 Å². The Bertz CT molecular complexity index is 803. The fraction of sp³-hybridized carbons (Fsp3) is 0.931. The van der Waals surface area contributed by atoms with E-state index in [9.17, 15) is 9.59 Å². The van der Waals surface area contributed by atoms with Gasteiger partial charge in [0.15, 0.2) is 0 Å². The molecule has 0 aromatic carbocycles. The third-order valence-corrected chi connectivity index (χ3v) is 11.2. The molecule has 4 aliphatic rings. The van der Waals surface area contributed by atoms with Gasteiger partial charge in [0.1, 0.15) is 0 Å². The zero-order valence-electron chi connectivity index (χ0n) is 24.6. The van der Waals surface area contributed by atoms with Crippen molar-refractivity contribution < 1.29 is 14.1 Å². The molecule has 3 saturated heterocycles. The van der Waals surface area contributed by atoms with Crippen molar-refractivity contribution in [2.75, 3.05) is 60.4 Å². The van der Waals surface area contributed by atoms with Gasteiger partial charge >= 0.3 is 5.91 Å². The van der Waals surface area contributed by atoms with Crippen LogP contribution < -0.4 is 16.1 Å². The van der Waals surface area contributed by atoms with E-state index in [2.05, 4.69) is 74.8 Å². The number of amides is 2. The summed E-state index contributed by atoms with van der Waals surface area (Å²) in [4.78, 5) is 30.0. The first-order valence-corrected chi connectivity index (χ1v) is 15.1. The van der Waals surface area contributed by atoms with Crippen molar-refractivity contribution in [1.29, 1.82) is 0 Å². The van der Waals surface area contributed by atoms with Crippen LogP contribution in [0.4, 0.5) is 0 Å². The lowest BCUT2D eigenvalue weighted by atomic mass is 9.67. The number of piperidine rings is 2. The SMILES string of the molecule is CC[N+]1(C)C(=O)C(CNC(=O)C2CC(C3CNN(C)C3)CC(N(C)C3CCNCC3)C2C)C(C)CC1C. The highest BCUT2D eigenvalue weighted by Crippen LogP contribution is 2.42. The Labute approximate surface area is 225 Å². The largest absolute Gasteiger partial charge is 0.355 e. The van der Waals surface area contributed by atoms with Crippen LogP contribution in [-0.4, -0.2) is 105 Å². The third-order valence-electron chi connectivity index (χ3n) is 11.2. The van der Waals surface area contributed by atoms with Crippen LogP contribution in [0.3, 0.4) is 0 Å². The van der Waals surface area contributed by atoms with Crippen LogP contribution in [0, 0.1) is 35.5 Å². The van der Waals surface area contributed by atoms with Gasteiger partial charge in [0.05, 0.1) is 25.6 Å². The molecular formula is C29H55N6O2+. The standard InChI is InChI=1S/C29H54N6O2/c1-8-35(7)20(3)13-19(2)26(29(35)37)17-31-28(36)25-14-22(23-16-32-33(5)18-23)15-27(21(25)4)34(6)24-9-11-30-12-10-24/h19-27,30,32H,8-18H2,1-7H3/p+1. The second kappa shape index (κ2) is 12.0. The highest BCUT2D eigenvalue weighted by molar-refractivity contribution is 5.80. The van der Waals surface area contributed by atoms with Gasteiger partial charge in [0, 0.05) is 51.1 Å². The molecule has 3 aliphatic heterocycles. The van der Waals surface area contributed by atoms with Crippen LogP contribution in [-0.2, 0) is 9.59 Å². The number of hydrogen-bond acceptors (Lipinski definition) is 6. The van der Waals surface area contributed by atoms with Crippen molar-refractivity contribution in [2.24, 2.45) is 35.5 Å². The van der Waals surface area contributed by atoms with Gasteiger partial charge < -0.3 is 15.5 Å². The number of carbonyl (C=O) groups excluding carboxylic acids is 2. The van der Waals surface area contributed by atoms with Crippen molar-refractivity contribution in [2.45, 2.75) is 77.9 Å². The molecular weight excluding hydrogens is 464 g/mol. The normalized spacial score (nSPS) is 42.3. The number of nitrogens with zero attached hydrogens (tertiary/aromatic N) is 3. The highest BCUT2D eigenvalue weighted by atomic mass is 16.2. The van der Waals surface area contributed by atoms with Gasteiger partial charge in [-0.25, -0.2) is 9.80 Å². The smallest absolute Gasteiger partial charge is 0.318 e. The molecule has 1 saturated carbocycles. The number of nitrogens with one attached hydrogen (secondary N) is 3. The average molecular weight is 520 g/mol. The summed E-state index contributed by atoms with van der Waals surface area (Å²) in [5.74, 6) is 2.10. The summed E-state index contributed by atoms with van der Waals surface area (Å²) in [7, 11) is 6.51. The van der Waals surface area contributed by atoms with Crippen molar-refractivity contribution >= 4 is 11.8 Å². The molecule has 9 atom stereocenters. The summed E-state index contributed by atoms with van der Waals surface area (Å²) < 4.78 is 0.484. The quantitative estimate of drug-likeness (QED) is 0.446. The summed E-state index contributed by atoms with van der Waals surface area (Å²) in [5.41, 5.74) is 3.50. The minimum absolute atomic E-state index is 0.00112. The van der Waals surface area contributed by atoms with Crippen LogP contribution in [0.1, 0.15) is 59.8 Å². The molecule has 9 unspecified atom stereocenters. The van der Waals surface area contributed by atoms with Gasteiger partial charge in [-0.3, -0.25) is 14.7 Å². The number of carbonyl (C=O) groups is 2. The molecule has 3 N–H and O–H groups in total. The van der Waals surface area contributed by atoms with E-state index in [1.807, 2.05) is 0 Å². The first-order valence-electron chi connectivity index (χ1n) is 15.1. The Morgan fingerprint density at radius 2 is 1.84 bits per heavy atom. The summed E-state index contributed by atoms with van der Waals surface area (Å²) >= 11 is 0. The van der Waals surface area contributed by atoms with E-state index in [4.69, 9.17) is 0 Å². The molecule has 0 spiro atoms. The van der Waals surface area contributed by atoms with Gasteiger partial charge in [0.2, 0.25) is 5.91 Å². The maximum absolute atomic E-state index is 13.8. The summed E-state index contributed by atoms with van der Waals surface area (Å²) in [6, 6.07) is 1.34. The Morgan fingerprint density at radius 3 is 2.46 bits per heavy atom. The van der Waals surface area contributed by atoms with E-state index in [0.29, 0.717) is 58.7 Å². The lowest BCUT2D eigenvalue weighted by Gasteiger charge is -2.48. The fourth-order valence-corrected chi connectivity index (χ4v) is 8.12. The minimum atomic E-state index is -0.0966. The first kappa shape index (κ1) is 28.9. The maximum Gasteiger partial charge on any atom is 0.318 e. The molecule has 3 heterocycles. The predicted octanol–water partition coefficient (Wildman–Crippen LogP) is 1.92. The summed E-state index contributed by atoms with van der Waals surface area (Å²) in [6.07, 6.45) is 5.53. The Hall–Kier alpha value is -1.06. The van der Waals surface area contributed by atoms with E-state index < -0.39 is 0 Å². The summed E-state index contributed by atoms with van der Waals surface area (Å²) in [5, 5.41) is 9.04. The zero-order valence-corrected chi connectivity index (χ0v) is 24.6. The average Bonchev–Trinajstić information content (AvgIpc) is 3.33. The predicted molar refractivity (Wildman–Crippen MR) is 148 cm³/mol. The van der Waals surface area contributed by atoms with Gasteiger partial charge in [-0.15, -0.1) is 0 Å². The molecule has 4 fully saturated rings. The van der Waals surface area contributed by atoms with E-state index >= 15 is 0 Å². The second-order valence-corrected chi connectivity index (χ2v) is 13.2. The van der Waals surface area contributed by atoms with Crippen LogP contribution in [0.2, 0.25) is 0 Å². The van der Waals surface area contributed by atoms with E-state index in [1.54, 1.807) is 0 Å². The number of likely N-dealkylation sites (tertiary alicyclic amines) is 1. The Balaban J connectivity index is 1.47. The van der Waals surface area contributed by atoms with Gasteiger partial charge in [-0.1, -0.05) is 13.8 Å². The molecule has 2 amide bonds. The Kier molecular flexibility index (Phi) is 9.38. The molecule has 4 rings (SSSR count). The molecule has 0 aromatic rings. The van der Waals surface area contributed by atoms with Crippen LogP contribution in [0.5, 0.6) is 0 Å². The minimum Gasteiger partial charge on any atom is -0.355 e. The molecule has 0 radical (unpaired) electrons. The zero-order chi connectivity index (χ0) is 26.9. The maximum atomic E-state index is 13.8. The molecule has 1 aliphatic carbocycles. The Morgan fingerprint density at radius 1 is 1.14 bits per heavy atom. The molecule has 8 heteroatoms. The first-order chi connectivity index (χ1) is 17.6. The monoisotopic (exact) mass is 519 g/mol. The molecule has 212 valence electrons. The molecule has 0 bridgehead atoms. The van der Waals surface area contributed by atoms with Crippen LogP contribution >= 0.6 is 0 Å². The fourth-order valence-electron chi connectivity index (χ4n) is 8.12. The van der Waals surface area contributed by atoms with Crippen molar-refractivity contribution in [3.63, 3.8) is 0 Å². The number of quaternary nitrogens is 1. The summed E-state index contributed by atoms with van der Waals surface area (Å²) in [6.45, 7) is 14.3. The van der Waals surface area contributed by atoms with Crippen molar-refractivity contribution in [3.05, 3.63) is 0 Å². The van der Waals surface area contributed by atoms with E-state index in [1.165, 1.54) is 19.3 Å². The third kappa shape index (κ3) is 5.93. The number of rotatable bonds is 7. The van der Waals surface area contributed by atoms with Crippen LogP contribution in [0.25, 0.3) is 0 Å². The molecule has 0 aromatic heterocycles. The van der Waals surface area contributed by atoms with E-state index in [0.717, 1.165) is 45.6 Å². The van der Waals surface area contributed by atoms with Gasteiger partial charge in [0.25, 0.3) is 0 Å². The van der Waals surface area contributed by atoms with Gasteiger partial charge in [-0.05, 0) is 83.3 Å². The lowest BCUT2D eigenvalue weighted by Crippen LogP contribution is -2.63. The molecule has 37 heavy (non-hydrogen) atoms. The number of hydrogen-bond donors (Lipinski definition) is 3. The topological polar surface area (TPSA) is 76.7 Å².